The number of fused-ring (bicyclic) bond motifs is 1. The predicted octanol–water partition coefficient (Wildman–Crippen LogP) is 5.92. The molecule has 0 unspecified atom stereocenters. The molecular weight excluding hydrogens is 350 g/mol. The molecule has 140 valence electrons. The standard InChI is InChI=1S/C23H21N3O2/c1-15(2)16-7-10-19(11-8-16)27-22-21(24)23(26-14-25-22)28-20-12-9-17-5-3-4-6-18(17)13-20/h3-15H,24H2,1-2H3. The Morgan fingerprint density at radius 1 is 0.750 bits per heavy atom. The van der Waals surface area contributed by atoms with Gasteiger partial charge in [0.05, 0.1) is 0 Å². The maximum absolute atomic E-state index is 6.19. The Labute approximate surface area is 163 Å². The SMILES string of the molecule is CC(C)c1ccc(Oc2ncnc(Oc3ccc4ccccc4c3)c2N)cc1. The highest BCUT2D eigenvalue weighted by Gasteiger charge is 2.13. The number of nitrogen functional groups attached to an aromatic ring is 1. The highest BCUT2D eigenvalue weighted by molar-refractivity contribution is 5.83. The molecule has 4 rings (SSSR count). The van der Waals surface area contributed by atoms with E-state index in [0.29, 0.717) is 17.4 Å². The second kappa shape index (κ2) is 7.56. The van der Waals surface area contributed by atoms with Gasteiger partial charge in [0.1, 0.15) is 17.8 Å². The Hall–Kier alpha value is -3.60. The van der Waals surface area contributed by atoms with Gasteiger partial charge in [-0.05, 0) is 46.5 Å². The summed E-state index contributed by atoms with van der Waals surface area (Å²) < 4.78 is 11.7. The minimum absolute atomic E-state index is 0.253. The first-order chi connectivity index (χ1) is 13.6. The van der Waals surface area contributed by atoms with Crippen LogP contribution in [0.1, 0.15) is 25.3 Å². The molecule has 4 aromatic rings. The molecule has 3 aromatic carbocycles. The Balaban J connectivity index is 1.57. The first-order valence-electron chi connectivity index (χ1n) is 9.15. The first-order valence-corrected chi connectivity index (χ1v) is 9.15. The molecule has 0 aliphatic heterocycles. The molecule has 0 spiro atoms. The fourth-order valence-corrected chi connectivity index (χ4v) is 2.90. The number of nitrogens with zero attached hydrogens (tertiary/aromatic N) is 2. The summed E-state index contributed by atoms with van der Waals surface area (Å²) in [6.07, 6.45) is 1.38. The third-order valence-electron chi connectivity index (χ3n) is 4.51. The lowest BCUT2D eigenvalue weighted by Crippen LogP contribution is -2.00. The van der Waals surface area contributed by atoms with E-state index in [2.05, 4.69) is 29.9 Å². The van der Waals surface area contributed by atoms with Crippen LogP contribution in [0.3, 0.4) is 0 Å². The quantitative estimate of drug-likeness (QED) is 0.471. The van der Waals surface area contributed by atoms with Gasteiger partial charge >= 0.3 is 0 Å². The maximum Gasteiger partial charge on any atom is 0.249 e. The van der Waals surface area contributed by atoms with Crippen molar-refractivity contribution in [3.05, 3.63) is 78.6 Å². The van der Waals surface area contributed by atoms with E-state index in [9.17, 15) is 0 Å². The lowest BCUT2D eigenvalue weighted by atomic mass is 10.0. The van der Waals surface area contributed by atoms with E-state index in [1.807, 2.05) is 60.7 Å². The molecule has 0 fully saturated rings. The highest BCUT2D eigenvalue weighted by Crippen LogP contribution is 2.34. The van der Waals surface area contributed by atoms with Gasteiger partial charge in [-0.2, -0.15) is 9.97 Å². The van der Waals surface area contributed by atoms with E-state index >= 15 is 0 Å². The molecule has 2 N–H and O–H groups in total. The number of aromatic nitrogens is 2. The molecule has 0 radical (unpaired) electrons. The van der Waals surface area contributed by atoms with Crippen LogP contribution in [0.2, 0.25) is 0 Å². The van der Waals surface area contributed by atoms with E-state index in [-0.39, 0.29) is 17.4 Å². The molecule has 5 heteroatoms. The van der Waals surface area contributed by atoms with Gasteiger partial charge in [0.15, 0.2) is 5.69 Å². The second-order valence-corrected chi connectivity index (χ2v) is 6.83. The van der Waals surface area contributed by atoms with Crippen LogP contribution in [0.5, 0.6) is 23.3 Å². The number of benzene rings is 3. The van der Waals surface area contributed by atoms with Gasteiger partial charge in [-0.25, -0.2) is 0 Å². The zero-order valence-corrected chi connectivity index (χ0v) is 15.8. The summed E-state index contributed by atoms with van der Waals surface area (Å²) in [5.41, 5.74) is 7.69. The van der Waals surface area contributed by atoms with Crippen LogP contribution in [-0.4, -0.2) is 9.97 Å². The lowest BCUT2D eigenvalue weighted by molar-refractivity contribution is 0.438. The van der Waals surface area contributed by atoms with Crippen molar-refractivity contribution in [3.63, 3.8) is 0 Å². The number of anilines is 1. The van der Waals surface area contributed by atoms with Crippen LogP contribution in [0.15, 0.2) is 73.1 Å². The number of nitrogens with two attached hydrogens (primary N) is 1. The zero-order valence-electron chi connectivity index (χ0n) is 15.8. The molecule has 0 saturated carbocycles. The van der Waals surface area contributed by atoms with Crippen LogP contribution in [-0.2, 0) is 0 Å². The normalized spacial score (nSPS) is 11.0. The molecule has 5 nitrogen and oxygen atoms in total. The van der Waals surface area contributed by atoms with E-state index in [1.54, 1.807) is 0 Å². The summed E-state index contributed by atoms with van der Waals surface area (Å²) in [7, 11) is 0. The smallest absolute Gasteiger partial charge is 0.249 e. The minimum atomic E-state index is 0.253. The molecule has 0 atom stereocenters. The second-order valence-electron chi connectivity index (χ2n) is 6.83. The van der Waals surface area contributed by atoms with Crippen LogP contribution >= 0.6 is 0 Å². The average molecular weight is 371 g/mol. The summed E-state index contributed by atoms with van der Waals surface area (Å²) in [5, 5.41) is 2.22. The average Bonchev–Trinajstić information content (AvgIpc) is 2.71. The monoisotopic (exact) mass is 371 g/mol. The van der Waals surface area contributed by atoms with E-state index < -0.39 is 0 Å². The largest absolute Gasteiger partial charge is 0.437 e. The first kappa shape index (κ1) is 17.8. The molecule has 0 amide bonds. The van der Waals surface area contributed by atoms with Crippen LogP contribution in [0.25, 0.3) is 10.8 Å². The summed E-state index contributed by atoms with van der Waals surface area (Å²) in [6, 6.07) is 21.8. The Bertz CT molecular complexity index is 1110. The van der Waals surface area contributed by atoms with Crippen molar-refractivity contribution < 1.29 is 9.47 Å². The fourth-order valence-electron chi connectivity index (χ4n) is 2.90. The summed E-state index contributed by atoms with van der Waals surface area (Å²) in [6.45, 7) is 4.29. The molecule has 0 aliphatic rings. The third-order valence-corrected chi connectivity index (χ3v) is 4.51. The summed E-state index contributed by atoms with van der Waals surface area (Å²) in [4.78, 5) is 8.30. The van der Waals surface area contributed by atoms with Crippen molar-refractivity contribution in [3.8, 4) is 23.3 Å². The number of hydrogen-bond donors (Lipinski definition) is 1. The molecule has 0 bridgehead atoms. The third kappa shape index (κ3) is 3.74. The highest BCUT2D eigenvalue weighted by atomic mass is 16.5. The molecule has 28 heavy (non-hydrogen) atoms. The van der Waals surface area contributed by atoms with Crippen molar-refractivity contribution in [2.45, 2.75) is 19.8 Å². The Morgan fingerprint density at radius 3 is 2.04 bits per heavy atom. The van der Waals surface area contributed by atoms with Gasteiger partial charge in [-0.15, -0.1) is 0 Å². The van der Waals surface area contributed by atoms with Gasteiger partial charge < -0.3 is 15.2 Å². The van der Waals surface area contributed by atoms with Crippen molar-refractivity contribution in [1.82, 2.24) is 9.97 Å². The van der Waals surface area contributed by atoms with Crippen LogP contribution in [0, 0.1) is 0 Å². The number of rotatable bonds is 5. The van der Waals surface area contributed by atoms with E-state index in [1.165, 1.54) is 11.9 Å². The van der Waals surface area contributed by atoms with Gasteiger partial charge in [-0.3, -0.25) is 0 Å². The van der Waals surface area contributed by atoms with E-state index in [4.69, 9.17) is 15.2 Å². The van der Waals surface area contributed by atoms with E-state index in [0.717, 1.165) is 10.8 Å². The minimum Gasteiger partial charge on any atom is -0.437 e. The molecule has 0 saturated heterocycles. The summed E-state index contributed by atoms with van der Waals surface area (Å²) in [5.74, 6) is 2.30. The van der Waals surface area contributed by atoms with Gasteiger partial charge in [-0.1, -0.05) is 56.3 Å². The van der Waals surface area contributed by atoms with Gasteiger partial charge in [0.2, 0.25) is 11.8 Å². The van der Waals surface area contributed by atoms with Crippen molar-refractivity contribution >= 4 is 16.5 Å². The van der Waals surface area contributed by atoms with Crippen molar-refractivity contribution in [1.29, 1.82) is 0 Å². The summed E-state index contributed by atoms with van der Waals surface area (Å²) >= 11 is 0. The Morgan fingerprint density at radius 2 is 1.36 bits per heavy atom. The molecule has 1 heterocycles. The van der Waals surface area contributed by atoms with Gasteiger partial charge in [0, 0.05) is 0 Å². The Kier molecular flexibility index (Phi) is 4.81. The molecule has 1 aromatic heterocycles. The number of ether oxygens (including phenoxy) is 2. The maximum atomic E-state index is 6.19. The fraction of sp³-hybridized carbons (Fsp3) is 0.130. The topological polar surface area (TPSA) is 70.3 Å². The van der Waals surface area contributed by atoms with Crippen molar-refractivity contribution in [2.24, 2.45) is 0 Å². The number of hydrogen-bond acceptors (Lipinski definition) is 5. The molecule has 0 aliphatic carbocycles. The predicted molar refractivity (Wildman–Crippen MR) is 111 cm³/mol. The lowest BCUT2D eigenvalue weighted by Gasteiger charge is -2.12. The van der Waals surface area contributed by atoms with Gasteiger partial charge in [0.25, 0.3) is 0 Å². The van der Waals surface area contributed by atoms with Crippen LogP contribution in [0.4, 0.5) is 5.69 Å². The van der Waals surface area contributed by atoms with Crippen LogP contribution < -0.4 is 15.2 Å². The van der Waals surface area contributed by atoms with Crippen molar-refractivity contribution in [2.75, 3.05) is 5.73 Å². The molecular formula is C23H21N3O2. The zero-order chi connectivity index (χ0) is 19.5.